The minimum atomic E-state index is -0.173. The Bertz CT molecular complexity index is 438. The van der Waals surface area contributed by atoms with Gasteiger partial charge in [0.2, 0.25) is 5.91 Å². The molecule has 17 heavy (non-hydrogen) atoms. The van der Waals surface area contributed by atoms with Crippen LogP contribution in [0.3, 0.4) is 0 Å². The molecular formula is C13H17NO3. The Kier molecular flexibility index (Phi) is 2.96. The van der Waals surface area contributed by atoms with E-state index in [4.69, 9.17) is 9.47 Å². The van der Waals surface area contributed by atoms with Crippen LogP contribution < -0.4 is 14.8 Å². The quantitative estimate of drug-likeness (QED) is 0.872. The number of hydrogen-bond donors (Lipinski definition) is 1. The van der Waals surface area contributed by atoms with Crippen LogP contribution in [0.4, 0.5) is 5.69 Å². The van der Waals surface area contributed by atoms with Gasteiger partial charge < -0.3 is 14.8 Å². The molecule has 4 heteroatoms. The van der Waals surface area contributed by atoms with Gasteiger partial charge in [0.25, 0.3) is 0 Å². The summed E-state index contributed by atoms with van der Waals surface area (Å²) in [4.78, 5) is 11.9. The van der Waals surface area contributed by atoms with E-state index in [-0.39, 0.29) is 11.3 Å². The van der Waals surface area contributed by atoms with Crippen LogP contribution in [0.1, 0.15) is 19.8 Å². The minimum absolute atomic E-state index is 0.0738. The van der Waals surface area contributed by atoms with Gasteiger partial charge in [-0.1, -0.05) is 6.92 Å². The lowest BCUT2D eigenvalue weighted by Gasteiger charge is -2.12. The second-order valence-electron chi connectivity index (χ2n) is 4.58. The molecule has 1 aliphatic carbocycles. The summed E-state index contributed by atoms with van der Waals surface area (Å²) in [6.07, 6.45) is 1.93. The van der Waals surface area contributed by atoms with Crippen LogP contribution >= 0.6 is 0 Å². The number of amides is 1. The number of carbonyl (C=O) groups excluding carboxylic acids is 1. The lowest BCUT2D eigenvalue weighted by Crippen LogP contribution is -2.21. The van der Waals surface area contributed by atoms with Crippen molar-refractivity contribution in [3.05, 3.63) is 18.2 Å². The molecule has 0 atom stereocenters. The largest absolute Gasteiger partial charge is 0.493 e. The maximum absolute atomic E-state index is 11.9. The number of hydrogen-bond acceptors (Lipinski definition) is 3. The molecule has 1 fully saturated rings. The van der Waals surface area contributed by atoms with Crippen LogP contribution in [0.15, 0.2) is 18.2 Å². The number of benzene rings is 1. The third-order valence-electron chi connectivity index (χ3n) is 3.19. The first-order chi connectivity index (χ1) is 8.09. The summed E-state index contributed by atoms with van der Waals surface area (Å²) >= 11 is 0. The van der Waals surface area contributed by atoms with Gasteiger partial charge in [0.15, 0.2) is 11.5 Å². The van der Waals surface area contributed by atoms with E-state index in [2.05, 4.69) is 5.32 Å². The zero-order valence-corrected chi connectivity index (χ0v) is 10.4. The van der Waals surface area contributed by atoms with Crippen molar-refractivity contribution >= 4 is 11.6 Å². The van der Waals surface area contributed by atoms with Crippen molar-refractivity contribution in [1.29, 1.82) is 0 Å². The predicted octanol–water partition coefficient (Wildman–Crippen LogP) is 2.44. The fraction of sp³-hybridized carbons (Fsp3) is 0.462. The van der Waals surface area contributed by atoms with Crippen molar-refractivity contribution in [2.24, 2.45) is 5.41 Å². The first-order valence-electron chi connectivity index (χ1n) is 5.62. The molecule has 0 saturated heterocycles. The van der Waals surface area contributed by atoms with Gasteiger partial charge in [0, 0.05) is 17.2 Å². The van der Waals surface area contributed by atoms with E-state index in [0.29, 0.717) is 11.5 Å². The Hall–Kier alpha value is -1.71. The topological polar surface area (TPSA) is 47.6 Å². The monoisotopic (exact) mass is 235 g/mol. The van der Waals surface area contributed by atoms with Gasteiger partial charge in [0.1, 0.15) is 0 Å². The zero-order valence-electron chi connectivity index (χ0n) is 10.4. The molecule has 1 N–H and O–H groups in total. The summed E-state index contributed by atoms with van der Waals surface area (Å²) in [7, 11) is 3.16. The molecule has 0 bridgehead atoms. The summed E-state index contributed by atoms with van der Waals surface area (Å²) in [6, 6.07) is 5.36. The van der Waals surface area contributed by atoms with E-state index in [1.807, 2.05) is 13.0 Å². The molecule has 2 rings (SSSR count). The van der Waals surface area contributed by atoms with Crippen LogP contribution in [0.5, 0.6) is 11.5 Å². The molecule has 0 aliphatic heterocycles. The summed E-state index contributed by atoms with van der Waals surface area (Å²) in [5.74, 6) is 1.35. The fourth-order valence-electron chi connectivity index (χ4n) is 1.61. The highest BCUT2D eigenvalue weighted by molar-refractivity contribution is 5.97. The van der Waals surface area contributed by atoms with Crippen LogP contribution in [-0.2, 0) is 4.79 Å². The summed E-state index contributed by atoms with van der Waals surface area (Å²) in [5.41, 5.74) is 0.563. The first kappa shape index (κ1) is 11.8. The number of rotatable bonds is 4. The number of nitrogens with one attached hydrogen (secondary N) is 1. The molecule has 0 radical (unpaired) electrons. The molecule has 4 nitrogen and oxygen atoms in total. The molecule has 1 amide bonds. The summed E-state index contributed by atoms with van der Waals surface area (Å²) in [5, 5.41) is 2.90. The van der Waals surface area contributed by atoms with E-state index in [0.717, 1.165) is 18.5 Å². The van der Waals surface area contributed by atoms with E-state index >= 15 is 0 Å². The van der Waals surface area contributed by atoms with Crippen LogP contribution in [0.25, 0.3) is 0 Å². The maximum atomic E-state index is 11.9. The van der Waals surface area contributed by atoms with Gasteiger partial charge in [-0.3, -0.25) is 4.79 Å². The van der Waals surface area contributed by atoms with Crippen LogP contribution in [-0.4, -0.2) is 20.1 Å². The fourth-order valence-corrected chi connectivity index (χ4v) is 1.61. The van der Waals surface area contributed by atoms with Gasteiger partial charge >= 0.3 is 0 Å². The van der Waals surface area contributed by atoms with Gasteiger partial charge in [-0.05, 0) is 25.0 Å². The molecular weight excluding hydrogens is 218 g/mol. The van der Waals surface area contributed by atoms with E-state index in [1.54, 1.807) is 26.4 Å². The molecule has 1 aliphatic rings. The highest BCUT2D eigenvalue weighted by Crippen LogP contribution is 2.46. The molecule has 1 aromatic carbocycles. The van der Waals surface area contributed by atoms with E-state index in [1.165, 1.54) is 0 Å². The van der Waals surface area contributed by atoms with Crippen molar-refractivity contribution < 1.29 is 14.3 Å². The molecule has 1 saturated carbocycles. The Morgan fingerprint density at radius 2 is 1.88 bits per heavy atom. The Labute approximate surface area is 101 Å². The normalized spacial score (nSPS) is 16.2. The highest BCUT2D eigenvalue weighted by atomic mass is 16.5. The molecule has 0 unspecified atom stereocenters. The van der Waals surface area contributed by atoms with Gasteiger partial charge in [-0.25, -0.2) is 0 Å². The molecule has 0 heterocycles. The third kappa shape index (κ3) is 2.35. The average Bonchev–Trinajstić information content (AvgIpc) is 3.08. The number of anilines is 1. The van der Waals surface area contributed by atoms with Gasteiger partial charge in [-0.2, -0.15) is 0 Å². The molecule has 0 aromatic heterocycles. The standard InChI is InChI=1S/C13H17NO3/c1-13(6-7-13)12(15)14-9-4-5-10(16-2)11(8-9)17-3/h4-5,8H,6-7H2,1-3H3,(H,14,15). The second kappa shape index (κ2) is 4.28. The minimum Gasteiger partial charge on any atom is -0.493 e. The molecule has 0 spiro atoms. The highest BCUT2D eigenvalue weighted by Gasteiger charge is 2.44. The van der Waals surface area contributed by atoms with Crippen LogP contribution in [0.2, 0.25) is 0 Å². The Morgan fingerprint density at radius 3 is 2.41 bits per heavy atom. The molecule has 1 aromatic rings. The zero-order chi connectivity index (χ0) is 12.5. The number of methoxy groups -OCH3 is 2. The van der Waals surface area contributed by atoms with Crippen molar-refractivity contribution in [2.75, 3.05) is 19.5 Å². The van der Waals surface area contributed by atoms with Gasteiger partial charge in [-0.15, -0.1) is 0 Å². The molecule has 92 valence electrons. The summed E-state index contributed by atoms with van der Waals surface area (Å²) < 4.78 is 10.3. The lowest BCUT2D eigenvalue weighted by atomic mass is 10.1. The Morgan fingerprint density at radius 1 is 1.24 bits per heavy atom. The summed E-state index contributed by atoms with van der Waals surface area (Å²) in [6.45, 7) is 1.98. The second-order valence-corrected chi connectivity index (χ2v) is 4.58. The van der Waals surface area contributed by atoms with Crippen molar-refractivity contribution in [1.82, 2.24) is 0 Å². The third-order valence-corrected chi connectivity index (χ3v) is 3.19. The first-order valence-corrected chi connectivity index (χ1v) is 5.62. The average molecular weight is 235 g/mol. The smallest absolute Gasteiger partial charge is 0.230 e. The lowest BCUT2D eigenvalue weighted by molar-refractivity contribution is -0.120. The van der Waals surface area contributed by atoms with Crippen molar-refractivity contribution in [3.8, 4) is 11.5 Å². The predicted molar refractivity (Wildman–Crippen MR) is 65.5 cm³/mol. The van der Waals surface area contributed by atoms with E-state index < -0.39 is 0 Å². The van der Waals surface area contributed by atoms with Crippen LogP contribution in [0, 0.1) is 5.41 Å². The van der Waals surface area contributed by atoms with Gasteiger partial charge in [0.05, 0.1) is 14.2 Å². The Balaban J connectivity index is 2.14. The van der Waals surface area contributed by atoms with Crippen molar-refractivity contribution in [3.63, 3.8) is 0 Å². The van der Waals surface area contributed by atoms with E-state index in [9.17, 15) is 4.79 Å². The number of carbonyl (C=O) groups is 1. The number of ether oxygens (including phenoxy) is 2. The maximum Gasteiger partial charge on any atom is 0.230 e. The van der Waals surface area contributed by atoms with Crippen molar-refractivity contribution in [2.45, 2.75) is 19.8 Å². The SMILES string of the molecule is COc1ccc(NC(=O)C2(C)CC2)cc1OC.